The minimum atomic E-state index is 0.544. The third-order valence-corrected chi connectivity index (χ3v) is 5.32. The predicted molar refractivity (Wildman–Crippen MR) is 108 cm³/mol. The second kappa shape index (κ2) is 6.24. The van der Waals surface area contributed by atoms with Crippen LogP contribution in [0.1, 0.15) is 11.1 Å². The third-order valence-electron chi connectivity index (χ3n) is 4.49. The normalized spacial score (nSPS) is 11.2. The lowest BCUT2D eigenvalue weighted by Crippen LogP contribution is -1.92. The first-order chi connectivity index (χ1) is 12.0. The van der Waals surface area contributed by atoms with E-state index in [1.165, 1.54) is 11.1 Å². The van der Waals surface area contributed by atoms with E-state index in [-0.39, 0.29) is 0 Å². The van der Waals surface area contributed by atoms with Crippen LogP contribution in [0.4, 0.5) is 0 Å². The van der Waals surface area contributed by atoms with E-state index in [0.717, 1.165) is 32.5 Å². The number of aryl methyl sites for hydroxylation is 2. The summed E-state index contributed by atoms with van der Waals surface area (Å²) in [5.74, 6) is 0. The fraction of sp³-hybridized carbons (Fsp3) is 0.100. The van der Waals surface area contributed by atoms with Crippen LogP contribution in [0.5, 0.6) is 0 Å². The molecule has 4 rings (SSSR count). The summed E-state index contributed by atoms with van der Waals surface area (Å²) in [5.41, 5.74) is 7.80. The first-order valence-electron chi connectivity index (χ1n) is 7.97. The van der Waals surface area contributed by atoms with Crippen molar-refractivity contribution in [1.29, 1.82) is 0 Å². The summed E-state index contributed by atoms with van der Waals surface area (Å²) in [7, 11) is 0. The van der Waals surface area contributed by atoms with Gasteiger partial charge in [0.1, 0.15) is 5.65 Å². The Bertz CT molecular complexity index is 1140. The zero-order valence-electron chi connectivity index (χ0n) is 13.9. The number of aromatic amines is 1. The molecule has 25 heavy (non-hydrogen) atoms. The van der Waals surface area contributed by atoms with E-state index < -0.39 is 0 Å². The van der Waals surface area contributed by atoms with E-state index in [1.807, 2.05) is 28.9 Å². The van der Waals surface area contributed by atoms with Crippen LogP contribution in [0.2, 0.25) is 0 Å². The molecule has 0 unspecified atom stereocenters. The van der Waals surface area contributed by atoms with Gasteiger partial charge in [0.2, 0.25) is 4.77 Å². The second-order valence-corrected chi connectivity index (χ2v) is 7.43. The number of hydrogen-bond donors (Lipinski definition) is 1. The van der Waals surface area contributed by atoms with E-state index >= 15 is 0 Å². The number of aromatic nitrogens is 3. The average Bonchev–Trinajstić information content (AvgIpc) is 3.05. The maximum Gasteiger partial charge on any atom is 0.205 e. The topological polar surface area (TPSA) is 33.1 Å². The molecular weight excluding hydrogens is 394 g/mol. The maximum absolute atomic E-state index is 5.42. The Morgan fingerprint density at radius 2 is 1.72 bits per heavy atom. The average molecular weight is 410 g/mol. The molecule has 0 aliphatic rings. The van der Waals surface area contributed by atoms with Gasteiger partial charge in [-0.3, -0.25) is 4.40 Å². The number of H-pyrrole nitrogens is 1. The molecule has 124 valence electrons. The molecule has 2 heterocycles. The number of fused-ring (bicyclic) bond motifs is 1. The van der Waals surface area contributed by atoms with E-state index in [0.29, 0.717) is 4.77 Å². The van der Waals surface area contributed by atoms with Gasteiger partial charge >= 0.3 is 0 Å². The molecule has 4 aromatic rings. The van der Waals surface area contributed by atoms with Crippen molar-refractivity contribution in [3.63, 3.8) is 0 Å². The number of halogens is 1. The molecule has 2 aromatic heterocycles. The smallest absolute Gasteiger partial charge is 0.205 e. The lowest BCUT2D eigenvalue weighted by molar-refractivity contribution is 1.06. The summed E-state index contributed by atoms with van der Waals surface area (Å²) in [6, 6.07) is 14.7. The largest absolute Gasteiger partial charge is 0.339 e. The molecule has 3 nitrogen and oxygen atoms in total. The lowest BCUT2D eigenvalue weighted by atomic mass is 10.0. The number of benzene rings is 2. The monoisotopic (exact) mass is 409 g/mol. The van der Waals surface area contributed by atoms with Crippen molar-refractivity contribution in [1.82, 2.24) is 14.4 Å². The zero-order chi connectivity index (χ0) is 17.6. The molecule has 0 saturated heterocycles. The van der Waals surface area contributed by atoms with Crippen molar-refractivity contribution in [2.45, 2.75) is 13.8 Å². The second-order valence-electron chi connectivity index (χ2n) is 6.15. The summed E-state index contributed by atoms with van der Waals surface area (Å²) < 4.78 is 3.54. The van der Waals surface area contributed by atoms with Crippen LogP contribution in [0.25, 0.3) is 28.0 Å². The van der Waals surface area contributed by atoms with Gasteiger partial charge in [0.05, 0.1) is 5.69 Å². The first-order valence-corrected chi connectivity index (χ1v) is 9.17. The summed E-state index contributed by atoms with van der Waals surface area (Å²) in [5, 5.41) is 0. The van der Waals surface area contributed by atoms with Crippen LogP contribution in [0.3, 0.4) is 0 Å². The summed E-state index contributed by atoms with van der Waals surface area (Å²) >= 11 is 8.90. The molecular formula is C20H16BrN3S. The quantitative estimate of drug-likeness (QED) is 0.405. The Hall–Kier alpha value is -2.24. The van der Waals surface area contributed by atoms with E-state index in [9.17, 15) is 0 Å². The van der Waals surface area contributed by atoms with Gasteiger partial charge in [0.15, 0.2) is 0 Å². The number of hydrogen-bond acceptors (Lipinski definition) is 2. The van der Waals surface area contributed by atoms with Gasteiger partial charge in [-0.25, -0.2) is 4.98 Å². The summed E-state index contributed by atoms with van der Waals surface area (Å²) in [6.07, 6.45) is 3.86. The molecule has 0 atom stereocenters. The SMILES string of the molecule is Cc1ccc(-c2cn3c(=S)ncc(-c4ccc(Br)cc4)c3[nH]2)cc1C. The van der Waals surface area contributed by atoms with Crippen molar-refractivity contribution in [3.8, 4) is 22.4 Å². The Balaban J connectivity index is 1.94. The molecule has 0 radical (unpaired) electrons. The fourth-order valence-corrected chi connectivity index (χ4v) is 3.36. The Kier molecular flexibility index (Phi) is 4.06. The highest BCUT2D eigenvalue weighted by Gasteiger charge is 2.11. The first kappa shape index (κ1) is 16.2. The zero-order valence-corrected chi connectivity index (χ0v) is 16.3. The third kappa shape index (κ3) is 2.94. The Morgan fingerprint density at radius 1 is 1.00 bits per heavy atom. The minimum Gasteiger partial charge on any atom is -0.339 e. The molecule has 0 bridgehead atoms. The number of imidazole rings is 1. The van der Waals surface area contributed by atoms with Crippen LogP contribution in [-0.4, -0.2) is 14.4 Å². The summed E-state index contributed by atoms with van der Waals surface area (Å²) in [6.45, 7) is 4.25. The van der Waals surface area contributed by atoms with Crippen LogP contribution in [-0.2, 0) is 0 Å². The fourth-order valence-electron chi connectivity index (χ4n) is 2.90. The standard InChI is InChI=1S/C20H16BrN3S/c1-12-3-4-15(9-13(12)2)18-11-24-19(23-18)17(10-22-20(24)25)14-5-7-16(21)8-6-14/h3-11,23H,1-2H3. The Morgan fingerprint density at radius 3 is 2.44 bits per heavy atom. The van der Waals surface area contributed by atoms with E-state index in [1.54, 1.807) is 0 Å². The molecule has 0 aliphatic heterocycles. The van der Waals surface area contributed by atoms with Crippen LogP contribution in [0.15, 0.2) is 59.3 Å². The molecule has 0 amide bonds. The van der Waals surface area contributed by atoms with Crippen LogP contribution >= 0.6 is 28.1 Å². The molecule has 0 aliphatic carbocycles. The minimum absolute atomic E-state index is 0.544. The highest BCUT2D eigenvalue weighted by molar-refractivity contribution is 9.10. The van der Waals surface area contributed by atoms with Crippen LogP contribution in [0, 0.1) is 18.6 Å². The molecule has 5 heteroatoms. The highest BCUT2D eigenvalue weighted by atomic mass is 79.9. The van der Waals surface area contributed by atoms with Gasteiger partial charge in [-0.2, -0.15) is 0 Å². The van der Waals surface area contributed by atoms with Crippen molar-refractivity contribution in [2.24, 2.45) is 0 Å². The predicted octanol–water partition coefficient (Wildman–Crippen LogP) is 6.11. The van der Waals surface area contributed by atoms with Crippen LogP contribution < -0.4 is 0 Å². The van der Waals surface area contributed by atoms with Crippen molar-refractivity contribution in [2.75, 3.05) is 0 Å². The number of nitrogens with one attached hydrogen (secondary N) is 1. The van der Waals surface area contributed by atoms with Gasteiger partial charge in [-0.1, -0.05) is 40.2 Å². The van der Waals surface area contributed by atoms with E-state index in [4.69, 9.17) is 12.2 Å². The lowest BCUT2D eigenvalue weighted by Gasteiger charge is -2.04. The van der Waals surface area contributed by atoms with Gasteiger partial charge in [-0.05, 0) is 66.5 Å². The van der Waals surface area contributed by atoms with Gasteiger partial charge in [0.25, 0.3) is 0 Å². The molecule has 0 saturated carbocycles. The number of nitrogens with zero attached hydrogens (tertiary/aromatic N) is 2. The maximum atomic E-state index is 5.42. The van der Waals surface area contributed by atoms with Crippen molar-refractivity contribution in [3.05, 3.63) is 75.2 Å². The Labute approximate surface area is 159 Å². The summed E-state index contributed by atoms with van der Waals surface area (Å²) in [4.78, 5) is 7.92. The molecule has 2 aromatic carbocycles. The van der Waals surface area contributed by atoms with E-state index in [2.05, 4.69) is 70.1 Å². The van der Waals surface area contributed by atoms with Gasteiger partial charge < -0.3 is 4.98 Å². The molecule has 0 fully saturated rings. The number of rotatable bonds is 2. The van der Waals surface area contributed by atoms with Crippen molar-refractivity contribution >= 4 is 33.8 Å². The molecule has 0 spiro atoms. The van der Waals surface area contributed by atoms with Crippen molar-refractivity contribution < 1.29 is 0 Å². The highest BCUT2D eigenvalue weighted by Crippen LogP contribution is 2.28. The molecule has 1 N–H and O–H groups in total. The van der Waals surface area contributed by atoms with Gasteiger partial charge in [-0.15, -0.1) is 0 Å². The van der Waals surface area contributed by atoms with Gasteiger partial charge in [0, 0.05) is 22.4 Å².